The number of carbonyl (C=O) groups is 1. The van der Waals surface area contributed by atoms with Crippen LogP contribution in [0.25, 0.3) is 22.8 Å². The molecule has 6 nitrogen and oxygen atoms in total. The number of hydrogen-bond acceptors (Lipinski definition) is 3. The number of hydrogen-bond donors (Lipinski definition) is 2. The van der Waals surface area contributed by atoms with Crippen molar-refractivity contribution in [2.75, 3.05) is 31.5 Å². The second-order valence-corrected chi connectivity index (χ2v) is 12.3. The molecule has 39 heavy (non-hydrogen) atoms. The average Bonchev–Trinajstić information content (AvgIpc) is 3.71. The highest BCUT2D eigenvalue weighted by molar-refractivity contribution is 7.81. The molecule has 2 N–H and O–H groups in total. The van der Waals surface area contributed by atoms with Gasteiger partial charge in [0.15, 0.2) is 0 Å². The number of H-pyrrole nitrogens is 1. The van der Waals surface area contributed by atoms with Crippen molar-refractivity contribution in [3.05, 3.63) is 76.4 Å². The zero-order chi connectivity index (χ0) is 27.1. The van der Waals surface area contributed by atoms with Crippen LogP contribution < -0.4 is 5.32 Å². The molecule has 3 aliphatic rings. The van der Waals surface area contributed by atoms with E-state index in [4.69, 9.17) is 0 Å². The lowest BCUT2D eigenvalue weighted by atomic mass is 9.94. The monoisotopic (exact) mass is 546 g/mol. The van der Waals surface area contributed by atoms with E-state index in [1.807, 2.05) is 38.1 Å². The Bertz CT molecular complexity index is 1470. The van der Waals surface area contributed by atoms with Crippen molar-refractivity contribution in [2.45, 2.75) is 51.3 Å². The molecule has 3 aliphatic heterocycles. The largest absolute Gasteiger partial charge is 0.359 e. The molecule has 6 rings (SSSR count). The van der Waals surface area contributed by atoms with Crippen LogP contribution in [0.5, 0.6) is 0 Å². The maximum atomic E-state index is 14.7. The topological polar surface area (TPSA) is 68.4 Å². The van der Waals surface area contributed by atoms with Crippen molar-refractivity contribution >= 4 is 34.2 Å². The van der Waals surface area contributed by atoms with E-state index >= 15 is 0 Å². The number of carbonyl (C=O) groups excluding carboxylic acids is 1. The van der Waals surface area contributed by atoms with Crippen LogP contribution in [0.2, 0.25) is 0 Å². The highest BCUT2D eigenvalue weighted by Gasteiger charge is 2.32. The molecule has 1 amide bonds. The molecule has 0 saturated carbocycles. The molecule has 0 aliphatic carbocycles. The molecule has 2 saturated heterocycles. The Morgan fingerprint density at radius 1 is 1.03 bits per heavy atom. The summed E-state index contributed by atoms with van der Waals surface area (Å²) in [5, 5.41) is 2.94. The van der Waals surface area contributed by atoms with E-state index in [0.29, 0.717) is 39.7 Å². The van der Waals surface area contributed by atoms with Gasteiger partial charge in [-0.2, -0.15) is 0 Å². The van der Waals surface area contributed by atoms with Crippen LogP contribution in [0.15, 0.2) is 42.5 Å². The number of nitrogens with one attached hydrogen (secondary N) is 2. The average molecular weight is 547 g/mol. The second kappa shape index (κ2) is 10.8. The first-order chi connectivity index (χ1) is 18.9. The Kier molecular flexibility index (Phi) is 7.27. The van der Waals surface area contributed by atoms with Gasteiger partial charge in [-0.3, -0.25) is 4.79 Å². The number of aryl methyl sites for hydroxylation is 1. The van der Waals surface area contributed by atoms with Crippen molar-refractivity contribution in [1.29, 1.82) is 0 Å². The predicted molar refractivity (Wildman–Crippen MR) is 156 cm³/mol. The number of aromatic nitrogens is 1. The number of amides is 1. The van der Waals surface area contributed by atoms with Crippen molar-refractivity contribution < 1.29 is 13.4 Å². The smallest absolute Gasteiger partial charge is 0.256 e. The summed E-state index contributed by atoms with van der Waals surface area (Å²) in [5.41, 5.74) is 6.81. The lowest BCUT2D eigenvalue weighted by Gasteiger charge is -2.27. The molecular weight excluding hydrogens is 511 g/mol. The van der Waals surface area contributed by atoms with E-state index in [2.05, 4.69) is 19.5 Å². The van der Waals surface area contributed by atoms with E-state index < -0.39 is 11.0 Å². The van der Waals surface area contributed by atoms with E-state index in [0.717, 1.165) is 61.5 Å². The Balaban J connectivity index is 1.28. The van der Waals surface area contributed by atoms with Crippen molar-refractivity contribution in [3.63, 3.8) is 0 Å². The molecule has 204 valence electrons. The van der Waals surface area contributed by atoms with E-state index in [1.165, 1.54) is 18.9 Å². The van der Waals surface area contributed by atoms with Gasteiger partial charge in [-0.1, -0.05) is 30.3 Å². The molecule has 0 spiro atoms. The predicted octanol–water partition coefficient (Wildman–Crippen LogP) is 5.65. The van der Waals surface area contributed by atoms with Crippen LogP contribution in [-0.4, -0.2) is 56.5 Å². The van der Waals surface area contributed by atoms with Gasteiger partial charge in [0.2, 0.25) is 0 Å². The van der Waals surface area contributed by atoms with Gasteiger partial charge in [-0.15, -0.1) is 0 Å². The highest BCUT2D eigenvalue weighted by atomic mass is 32.2. The Labute approximate surface area is 231 Å². The summed E-state index contributed by atoms with van der Waals surface area (Å²) in [4.78, 5) is 19.0. The van der Waals surface area contributed by atoms with Gasteiger partial charge in [0, 0.05) is 47.3 Å². The number of rotatable bonds is 7. The number of benzene rings is 2. The first-order valence-electron chi connectivity index (χ1n) is 13.9. The lowest BCUT2D eigenvalue weighted by Crippen LogP contribution is -2.40. The fourth-order valence-electron chi connectivity index (χ4n) is 6.34. The molecular formula is C31H35FN4O2S. The molecule has 0 bridgehead atoms. The van der Waals surface area contributed by atoms with Crippen LogP contribution in [0, 0.1) is 19.7 Å². The molecule has 2 unspecified atom stereocenters. The van der Waals surface area contributed by atoms with Gasteiger partial charge >= 0.3 is 0 Å². The minimum Gasteiger partial charge on any atom is -0.359 e. The molecule has 2 atom stereocenters. The molecule has 0 radical (unpaired) electrons. The first-order valence-corrected chi connectivity index (χ1v) is 15.1. The Hall–Kier alpha value is -3.07. The second-order valence-electron chi connectivity index (χ2n) is 10.9. The number of fused-ring (bicyclic) bond motifs is 1. The molecule has 8 heteroatoms. The molecule has 3 aromatic rings. The van der Waals surface area contributed by atoms with Crippen LogP contribution in [0.1, 0.15) is 53.8 Å². The zero-order valence-corrected chi connectivity index (χ0v) is 23.4. The molecule has 2 fully saturated rings. The SMILES string of the molecule is Cc1[nH]c(/C=C2\C(=O)Nc3cccc(-c4ccccc4F)c32)c(C)c1CS(=O)N1CCCC1CN1CCCC1. The minimum atomic E-state index is -1.12. The molecule has 1 aromatic heterocycles. The van der Waals surface area contributed by atoms with Crippen LogP contribution in [0.4, 0.5) is 10.1 Å². The van der Waals surface area contributed by atoms with Crippen molar-refractivity contribution in [2.24, 2.45) is 0 Å². The van der Waals surface area contributed by atoms with Crippen LogP contribution >= 0.6 is 0 Å². The lowest BCUT2D eigenvalue weighted by molar-refractivity contribution is -0.110. The van der Waals surface area contributed by atoms with Crippen molar-refractivity contribution in [1.82, 2.24) is 14.2 Å². The minimum absolute atomic E-state index is 0.215. The summed E-state index contributed by atoms with van der Waals surface area (Å²) in [7, 11) is -1.12. The number of likely N-dealkylation sites (tertiary alicyclic amines) is 1. The number of halogens is 1. The molecule has 4 heterocycles. The summed E-state index contributed by atoms with van der Waals surface area (Å²) < 4.78 is 30.5. The fourth-order valence-corrected chi connectivity index (χ4v) is 8.02. The Morgan fingerprint density at radius 3 is 2.59 bits per heavy atom. The van der Waals surface area contributed by atoms with E-state index in [-0.39, 0.29) is 11.7 Å². The fraction of sp³-hybridized carbons (Fsp3) is 0.387. The van der Waals surface area contributed by atoms with Crippen LogP contribution in [0.3, 0.4) is 0 Å². The summed E-state index contributed by atoms with van der Waals surface area (Å²) in [6, 6.07) is 12.5. The normalized spacial score (nSPS) is 21.6. The first kappa shape index (κ1) is 26.2. The number of anilines is 1. The maximum Gasteiger partial charge on any atom is 0.256 e. The van der Waals surface area contributed by atoms with Gasteiger partial charge in [-0.25, -0.2) is 12.9 Å². The highest BCUT2D eigenvalue weighted by Crippen LogP contribution is 2.41. The summed E-state index contributed by atoms with van der Waals surface area (Å²) >= 11 is 0. The summed E-state index contributed by atoms with van der Waals surface area (Å²) in [6.07, 6.45) is 6.57. The molecule has 2 aromatic carbocycles. The standard InChI is InChI=1S/C31H35FN4O2S/c1-20-26(19-39(38)36-16-8-9-22(36)18-35-14-5-6-15-35)21(2)33-29(20)17-25-30-24(23-10-3-4-12-27(23)32)11-7-13-28(30)34-31(25)37/h3-4,7,10-13,17,22,33H,5-6,8-9,14-16,18-19H2,1-2H3,(H,34,37)/b25-17-. The van der Waals surface area contributed by atoms with Crippen LogP contribution in [-0.2, 0) is 21.5 Å². The summed E-state index contributed by atoms with van der Waals surface area (Å²) in [5.74, 6) is -0.0875. The van der Waals surface area contributed by atoms with Gasteiger partial charge in [0.05, 0.1) is 22.3 Å². The van der Waals surface area contributed by atoms with Gasteiger partial charge in [0.1, 0.15) is 5.82 Å². The number of nitrogens with zero attached hydrogens (tertiary/aromatic N) is 2. The van der Waals surface area contributed by atoms with Gasteiger partial charge in [-0.05, 0) is 87.5 Å². The summed E-state index contributed by atoms with van der Waals surface area (Å²) in [6.45, 7) is 8.21. The zero-order valence-electron chi connectivity index (χ0n) is 22.6. The third-order valence-electron chi connectivity index (χ3n) is 8.43. The van der Waals surface area contributed by atoms with E-state index in [9.17, 15) is 13.4 Å². The van der Waals surface area contributed by atoms with Gasteiger partial charge in [0.25, 0.3) is 5.91 Å². The van der Waals surface area contributed by atoms with E-state index in [1.54, 1.807) is 18.2 Å². The number of aromatic amines is 1. The quantitative estimate of drug-likeness (QED) is 0.376. The van der Waals surface area contributed by atoms with Crippen molar-refractivity contribution in [3.8, 4) is 11.1 Å². The Morgan fingerprint density at radius 2 is 1.79 bits per heavy atom. The van der Waals surface area contributed by atoms with Gasteiger partial charge < -0.3 is 15.2 Å². The third-order valence-corrected chi connectivity index (χ3v) is 9.97. The third kappa shape index (κ3) is 5.01. The maximum absolute atomic E-state index is 14.7.